The fraction of sp³-hybridized carbons (Fsp3) is 0.500. The highest BCUT2D eigenvalue weighted by molar-refractivity contribution is 6.31. The van der Waals surface area contributed by atoms with E-state index in [0.29, 0.717) is 30.1 Å². The average Bonchev–Trinajstić information content (AvgIpc) is 2.69. The first-order valence-electron chi connectivity index (χ1n) is 5.88. The van der Waals surface area contributed by atoms with Crippen molar-refractivity contribution >= 4 is 23.5 Å². The number of hydrogen-bond donors (Lipinski definition) is 2. The van der Waals surface area contributed by atoms with Crippen molar-refractivity contribution in [3.63, 3.8) is 0 Å². The van der Waals surface area contributed by atoms with E-state index in [1.165, 1.54) is 6.07 Å². The molecule has 2 N–H and O–H groups in total. The summed E-state index contributed by atoms with van der Waals surface area (Å²) in [5, 5.41) is 12.0. The molecule has 1 amide bonds. The standard InChI is InChI=1S/C12H17ClN2O3/c1-3-5-9(12(17)18)14-11(16)10-6-8(13)7-15(10)4-2/h6-7,9H,3-5H2,1-2H3,(H,14,16)(H,17,18)/t9-/m1/s1. The van der Waals surface area contributed by atoms with Gasteiger partial charge in [-0.1, -0.05) is 24.9 Å². The van der Waals surface area contributed by atoms with E-state index in [4.69, 9.17) is 16.7 Å². The van der Waals surface area contributed by atoms with Crippen LogP contribution < -0.4 is 5.32 Å². The molecule has 0 saturated heterocycles. The second kappa shape index (κ2) is 6.44. The van der Waals surface area contributed by atoms with Gasteiger partial charge in [-0.05, 0) is 19.4 Å². The lowest BCUT2D eigenvalue weighted by molar-refractivity contribution is -0.139. The van der Waals surface area contributed by atoms with Gasteiger partial charge in [0.25, 0.3) is 5.91 Å². The number of rotatable bonds is 6. The number of aliphatic carboxylic acids is 1. The molecule has 1 aromatic rings. The molecule has 0 unspecified atom stereocenters. The summed E-state index contributed by atoms with van der Waals surface area (Å²) in [6, 6.07) is 0.673. The van der Waals surface area contributed by atoms with Gasteiger partial charge in [0.2, 0.25) is 0 Å². The first-order valence-corrected chi connectivity index (χ1v) is 6.26. The van der Waals surface area contributed by atoms with E-state index in [9.17, 15) is 9.59 Å². The van der Waals surface area contributed by atoms with Crippen molar-refractivity contribution in [2.75, 3.05) is 0 Å². The van der Waals surface area contributed by atoms with Crippen molar-refractivity contribution in [2.45, 2.75) is 39.3 Å². The second-order valence-electron chi connectivity index (χ2n) is 3.98. The molecule has 0 spiro atoms. The quantitative estimate of drug-likeness (QED) is 0.833. The van der Waals surface area contributed by atoms with E-state index in [2.05, 4.69) is 5.32 Å². The number of carboxylic acid groups (broad SMARTS) is 1. The Kier molecular flexibility index (Phi) is 5.22. The third-order valence-corrected chi connectivity index (χ3v) is 2.82. The molecule has 1 aromatic heterocycles. The number of aryl methyl sites for hydroxylation is 1. The zero-order valence-corrected chi connectivity index (χ0v) is 11.2. The molecule has 0 saturated carbocycles. The summed E-state index contributed by atoms with van der Waals surface area (Å²) in [5.41, 5.74) is 0.379. The van der Waals surface area contributed by atoms with Gasteiger partial charge in [-0.25, -0.2) is 4.79 Å². The Morgan fingerprint density at radius 1 is 1.50 bits per heavy atom. The first kappa shape index (κ1) is 14.6. The van der Waals surface area contributed by atoms with Crippen LogP contribution in [0.15, 0.2) is 12.3 Å². The molecule has 0 radical (unpaired) electrons. The van der Waals surface area contributed by atoms with Crippen LogP contribution >= 0.6 is 11.6 Å². The minimum Gasteiger partial charge on any atom is -0.480 e. The van der Waals surface area contributed by atoms with Crippen molar-refractivity contribution in [3.05, 3.63) is 23.0 Å². The van der Waals surface area contributed by atoms with E-state index < -0.39 is 17.9 Å². The largest absolute Gasteiger partial charge is 0.480 e. The summed E-state index contributed by atoms with van der Waals surface area (Å²) in [4.78, 5) is 22.9. The summed E-state index contributed by atoms with van der Waals surface area (Å²) < 4.78 is 1.68. The van der Waals surface area contributed by atoms with Crippen molar-refractivity contribution < 1.29 is 14.7 Å². The number of carboxylic acids is 1. The number of hydrogen-bond acceptors (Lipinski definition) is 2. The highest BCUT2D eigenvalue weighted by Crippen LogP contribution is 2.14. The van der Waals surface area contributed by atoms with Crippen LogP contribution in [0.5, 0.6) is 0 Å². The molecule has 0 aliphatic rings. The third-order valence-electron chi connectivity index (χ3n) is 2.62. The van der Waals surface area contributed by atoms with Gasteiger partial charge >= 0.3 is 5.97 Å². The maximum absolute atomic E-state index is 12.0. The van der Waals surface area contributed by atoms with Gasteiger partial charge in [0.05, 0.1) is 5.02 Å². The predicted octanol–water partition coefficient (Wildman–Crippen LogP) is 2.14. The van der Waals surface area contributed by atoms with Crippen LogP contribution in [0, 0.1) is 0 Å². The number of nitrogens with zero attached hydrogens (tertiary/aromatic N) is 1. The Labute approximate surface area is 111 Å². The summed E-state index contributed by atoms with van der Waals surface area (Å²) in [6.07, 6.45) is 2.74. The summed E-state index contributed by atoms with van der Waals surface area (Å²) in [7, 11) is 0. The molecule has 0 aliphatic carbocycles. The van der Waals surface area contributed by atoms with Gasteiger partial charge in [0.1, 0.15) is 11.7 Å². The Hall–Kier alpha value is -1.49. The lowest BCUT2D eigenvalue weighted by atomic mass is 10.1. The maximum Gasteiger partial charge on any atom is 0.326 e. The number of nitrogens with one attached hydrogen (secondary N) is 1. The van der Waals surface area contributed by atoms with Gasteiger partial charge in [-0.2, -0.15) is 0 Å². The fourth-order valence-electron chi connectivity index (χ4n) is 1.71. The zero-order valence-electron chi connectivity index (χ0n) is 10.4. The molecule has 1 atom stereocenters. The van der Waals surface area contributed by atoms with Crippen LogP contribution in [0.1, 0.15) is 37.2 Å². The smallest absolute Gasteiger partial charge is 0.326 e. The van der Waals surface area contributed by atoms with Gasteiger partial charge < -0.3 is 15.0 Å². The molecule has 0 fully saturated rings. The monoisotopic (exact) mass is 272 g/mol. The molecule has 0 aliphatic heterocycles. The molecule has 0 aromatic carbocycles. The Bertz CT molecular complexity index is 443. The molecule has 1 heterocycles. The molecule has 5 nitrogen and oxygen atoms in total. The zero-order chi connectivity index (χ0) is 13.7. The van der Waals surface area contributed by atoms with Crippen LogP contribution in [-0.4, -0.2) is 27.6 Å². The van der Waals surface area contributed by atoms with Crippen molar-refractivity contribution in [3.8, 4) is 0 Å². The molecular formula is C12H17ClN2O3. The molecule has 1 rings (SSSR count). The number of carbonyl (C=O) groups is 2. The summed E-state index contributed by atoms with van der Waals surface area (Å²) >= 11 is 5.83. The predicted molar refractivity (Wildman–Crippen MR) is 68.9 cm³/mol. The maximum atomic E-state index is 12.0. The minimum atomic E-state index is -1.02. The fourth-order valence-corrected chi connectivity index (χ4v) is 1.93. The average molecular weight is 273 g/mol. The highest BCUT2D eigenvalue weighted by atomic mass is 35.5. The van der Waals surface area contributed by atoms with Gasteiger partial charge in [0, 0.05) is 12.7 Å². The molecule has 18 heavy (non-hydrogen) atoms. The Balaban J connectivity index is 2.83. The topological polar surface area (TPSA) is 71.3 Å². The van der Waals surface area contributed by atoms with Crippen molar-refractivity contribution in [1.29, 1.82) is 0 Å². The lowest BCUT2D eigenvalue weighted by Gasteiger charge is -2.14. The minimum absolute atomic E-state index is 0.379. The number of amides is 1. The lowest BCUT2D eigenvalue weighted by Crippen LogP contribution is -2.41. The van der Waals surface area contributed by atoms with Crippen LogP contribution in [0.25, 0.3) is 0 Å². The van der Waals surface area contributed by atoms with Gasteiger partial charge in [0.15, 0.2) is 0 Å². The van der Waals surface area contributed by atoms with Crippen molar-refractivity contribution in [2.24, 2.45) is 0 Å². The molecule has 6 heteroatoms. The SMILES string of the molecule is CCC[C@@H](NC(=O)c1cc(Cl)cn1CC)C(=O)O. The second-order valence-corrected chi connectivity index (χ2v) is 4.42. The Morgan fingerprint density at radius 3 is 2.67 bits per heavy atom. The van der Waals surface area contributed by atoms with Gasteiger partial charge in [-0.15, -0.1) is 0 Å². The molecule has 100 valence electrons. The summed E-state index contributed by atoms with van der Waals surface area (Å²) in [5.74, 6) is -1.43. The van der Waals surface area contributed by atoms with Crippen molar-refractivity contribution in [1.82, 2.24) is 9.88 Å². The van der Waals surface area contributed by atoms with E-state index in [0.717, 1.165) is 0 Å². The van der Waals surface area contributed by atoms with E-state index >= 15 is 0 Å². The van der Waals surface area contributed by atoms with E-state index in [1.807, 2.05) is 13.8 Å². The molecule has 0 bridgehead atoms. The van der Waals surface area contributed by atoms with E-state index in [-0.39, 0.29) is 0 Å². The van der Waals surface area contributed by atoms with Crippen LogP contribution in [0.2, 0.25) is 5.02 Å². The molecular weight excluding hydrogens is 256 g/mol. The highest BCUT2D eigenvalue weighted by Gasteiger charge is 2.21. The normalized spacial score (nSPS) is 12.2. The van der Waals surface area contributed by atoms with Gasteiger partial charge in [-0.3, -0.25) is 4.79 Å². The third kappa shape index (κ3) is 3.50. The Morgan fingerprint density at radius 2 is 2.17 bits per heavy atom. The van der Waals surface area contributed by atoms with Crippen LogP contribution in [-0.2, 0) is 11.3 Å². The number of halogens is 1. The van der Waals surface area contributed by atoms with Crippen LogP contribution in [0.3, 0.4) is 0 Å². The number of aromatic nitrogens is 1. The summed E-state index contributed by atoms with van der Waals surface area (Å²) in [6.45, 7) is 4.35. The first-order chi connectivity index (χ1) is 8.49. The van der Waals surface area contributed by atoms with E-state index in [1.54, 1.807) is 10.8 Å². The number of carbonyl (C=O) groups excluding carboxylic acids is 1. The van der Waals surface area contributed by atoms with Crippen LogP contribution in [0.4, 0.5) is 0 Å².